The van der Waals surface area contributed by atoms with Crippen LogP contribution in [0.25, 0.3) is 0 Å². The molecule has 1 aliphatic rings. The first-order chi connectivity index (χ1) is 6.85. The van der Waals surface area contributed by atoms with Crippen molar-refractivity contribution in [2.45, 2.75) is 53.4 Å². The first kappa shape index (κ1) is 12.6. The molecule has 0 radical (unpaired) electrons. The Morgan fingerprint density at radius 3 is 2.47 bits per heavy atom. The van der Waals surface area contributed by atoms with E-state index < -0.39 is 0 Å². The highest BCUT2D eigenvalue weighted by atomic mass is 16.3. The lowest BCUT2D eigenvalue weighted by Crippen LogP contribution is -2.23. The summed E-state index contributed by atoms with van der Waals surface area (Å²) >= 11 is 0. The van der Waals surface area contributed by atoms with E-state index in [1.807, 2.05) is 0 Å². The fourth-order valence-electron chi connectivity index (χ4n) is 2.73. The number of hydrogen-bond donors (Lipinski definition) is 1. The summed E-state index contributed by atoms with van der Waals surface area (Å²) in [6.07, 6.45) is 5.04. The number of hydrogen-bond acceptors (Lipinski definition) is 1. The molecule has 1 N–H and O–H groups in total. The first-order valence-corrected chi connectivity index (χ1v) is 6.23. The molecule has 1 nitrogen and oxygen atoms in total. The monoisotopic (exact) mass is 210 g/mol. The Balaban J connectivity index is 2.43. The van der Waals surface area contributed by atoms with Gasteiger partial charge in [-0.05, 0) is 42.9 Å². The van der Waals surface area contributed by atoms with Crippen molar-refractivity contribution in [2.75, 3.05) is 0 Å². The van der Waals surface area contributed by atoms with Crippen molar-refractivity contribution in [1.82, 2.24) is 0 Å². The molecule has 0 spiro atoms. The molecule has 1 heteroatoms. The van der Waals surface area contributed by atoms with Gasteiger partial charge in [0.25, 0.3) is 0 Å². The van der Waals surface area contributed by atoms with Crippen molar-refractivity contribution < 1.29 is 5.11 Å². The van der Waals surface area contributed by atoms with Gasteiger partial charge in [0.15, 0.2) is 0 Å². The van der Waals surface area contributed by atoms with Crippen LogP contribution < -0.4 is 0 Å². The predicted molar refractivity (Wildman–Crippen MR) is 65.8 cm³/mol. The third kappa shape index (κ3) is 2.76. The Morgan fingerprint density at radius 2 is 2.07 bits per heavy atom. The van der Waals surface area contributed by atoms with E-state index in [1.54, 1.807) is 0 Å². The van der Waals surface area contributed by atoms with Gasteiger partial charge < -0.3 is 5.11 Å². The third-order valence-corrected chi connectivity index (χ3v) is 4.79. The lowest BCUT2D eigenvalue weighted by molar-refractivity contribution is 0.178. The van der Waals surface area contributed by atoms with E-state index >= 15 is 0 Å². The summed E-state index contributed by atoms with van der Waals surface area (Å²) in [5, 5.41) is 9.28. The maximum Gasteiger partial charge on any atom is 0.0879 e. The Kier molecular flexibility index (Phi) is 3.86. The van der Waals surface area contributed by atoms with Crippen LogP contribution in [0, 0.1) is 23.2 Å². The van der Waals surface area contributed by atoms with Gasteiger partial charge in [-0.2, -0.15) is 0 Å². The zero-order valence-corrected chi connectivity index (χ0v) is 10.7. The Labute approximate surface area is 94.6 Å². The molecule has 1 saturated carbocycles. The van der Waals surface area contributed by atoms with Gasteiger partial charge in [-0.25, -0.2) is 0 Å². The maximum absolute atomic E-state index is 9.28. The van der Waals surface area contributed by atoms with Crippen molar-refractivity contribution in [2.24, 2.45) is 23.2 Å². The Morgan fingerprint density at radius 1 is 1.47 bits per heavy atom. The molecule has 0 amide bonds. The van der Waals surface area contributed by atoms with Crippen LogP contribution in [0.1, 0.15) is 53.4 Å². The minimum atomic E-state index is 0.261. The van der Waals surface area contributed by atoms with Crippen LogP contribution in [-0.4, -0.2) is 5.11 Å². The van der Waals surface area contributed by atoms with Crippen molar-refractivity contribution in [3.63, 3.8) is 0 Å². The summed E-state index contributed by atoms with van der Waals surface area (Å²) in [4.78, 5) is 0. The van der Waals surface area contributed by atoms with Crippen LogP contribution in [0.3, 0.4) is 0 Å². The molecule has 88 valence electrons. The molecule has 0 aromatic heterocycles. The molecule has 0 bridgehead atoms. The second kappa shape index (κ2) is 4.59. The fourth-order valence-corrected chi connectivity index (χ4v) is 2.73. The van der Waals surface area contributed by atoms with Gasteiger partial charge in [-0.1, -0.05) is 34.3 Å². The Bertz CT molecular complexity index is 229. The minimum absolute atomic E-state index is 0.261. The van der Waals surface area contributed by atoms with Crippen LogP contribution in [0.4, 0.5) is 0 Å². The number of allylic oxidation sites excluding steroid dienone is 1. The van der Waals surface area contributed by atoms with Gasteiger partial charge in [0.1, 0.15) is 0 Å². The quantitative estimate of drug-likeness (QED) is 0.675. The van der Waals surface area contributed by atoms with Crippen LogP contribution in [0.5, 0.6) is 0 Å². The molecular formula is C14H26O. The molecule has 15 heavy (non-hydrogen) atoms. The largest absolute Gasteiger partial charge is 0.513 e. The van der Waals surface area contributed by atoms with E-state index in [9.17, 15) is 5.11 Å². The highest BCUT2D eigenvalue weighted by Crippen LogP contribution is 2.49. The van der Waals surface area contributed by atoms with Gasteiger partial charge in [-0.15, -0.1) is 0 Å². The molecule has 0 aromatic carbocycles. The second-order valence-electron chi connectivity index (χ2n) is 5.97. The summed E-state index contributed by atoms with van der Waals surface area (Å²) in [5.41, 5.74) is 0.483. The van der Waals surface area contributed by atoms with Crippen molar-refractivity contribution in [3.05, 3.63) is 12.3 Å². The topological polar surface area (TPSA) is 20.2 Å². The smallest absolute Gasteiger partial charge is 0.0879 e. The summed E-state index contributed by atoms with van der Waals surface area (Å²) in [5.74, 6) is 2.28. The third-order valence-electron chi connectivity index (χ3n) is 4.79. The van der Waals surface area contributed by atoms with E-state index in [1.165, 1.54) is 19.3 Å². The van der Waals surface area contributed by atoms with Crippen LogP contribution in [-0.2, 0) is 0 Å². The highest BCUT2D eigenvalue weighted by Gasteiger charge is 2.39. The van der Waals surface area contributed by atoms with E-state index in [0.717, 1.165) is 18.3 Å². The normalized spacial score (nSPS) is 31.5. The van der Waals surface area contributed by atoms with Gasteiger partial charge in [-0.3, -0.25) is 0 Å². The van der Waals surface area contributed by atoms with Crippen molar-refractivity contribution >= 4 is 0 Å². The molecule has 0 aromatic rings. The van der Waals surface area contributed by atoms with Gasteiger partial charge >= 0.3 is 0 Å². The van der Waals surface area contributed by atoms with E-state index in [-0.39, 0.29) is 5.92 Å². The van der Waals surface area contributed by atoms with Crippen LogP contribution >= 0.6 is 0 Å². The molecule has 3 unspecified atom stereocenters. The number of rotatable bonds is 4. The molecule has 3 atom stereocenters. The molecule has 1 rings (SSSR count). The lowest BCUT2D eigenvalue weighted by Gasteiger charge is -2.31. The SMILES string of the molecule is C=C(O)C(C)CCC1CCC(C)C1(C)C. The number of aliphatic hydroxyl groups is 1. The van der Waals surface area contributed by atoms with Crippen LogP contribution in [0.2, 0.25) is 0 Å². The summed E-state index contributed by atoms with van der Waals surface area (Å²) in [6.45, 7) is 12.8. The molecule has 1 fully saturated rings. The summed E-state index contributed by atoms with van der Waals surface area (Å²) in [7, 11) is 0. The molecule has 1 aliphatic carbocycles. The zero-order chi connectivity index (χ0) is 11.6. The second-order valence-corrected chi connectivity index (χ2v) is 5.97. The van der Waals surface area contributed by atoms with E-state index in [4.69, 9.17) is 0 Å². The molecular weight excluding hydrogens is 184 g/mol. The average molecular weight is 210 g/mol. The Hall–Kier alpha value is -0.460. The minimum Gasteiger partial charge on any atom is -0.513 e. The standard InChI is InChI=1S/C14H26O/c1-10(12(3)15)6-8-13-9-7-11(2)14(13,4)5/h10-11,13,15H,3,6-9H2,1-2,4-5H3. The summed E-state index contributed by atoms with van der Waals surface area (Å²) in [6, 6.07) is 0. The predicted octanol–water partition coefficient (Wildman–Crippen LogP) is 4.55. The van der Waals surface area contributed by atoms with Gasteiger partial charge in [0.2, 0.25) is 0 Å². The highest BCUT2D eigenvalue weighted by molar-refractivity contribution is 4.92. The maximum atomic E-state index is 9.28. The molecule has 0 aliphatic heterocycles. The number of aliphatic hydroxyl groups excluding tert-OH is 1. The zero-order valence-electron chi connectivity index (χ0n) is 10.7. The average Bonchev–Trinajstić information content (AvgIpc) is 2.39. The van der Waals surface area contributed by atoms with Crippen LogP contribution in [0.15, 0.2) is 12.3 Å². The fraction of sp³-hybridized carbons (Fsp3) is 0.857. The van der Waals surface area contributed by atoms with Gasteiger partial charge in [0.05, 0.1) is 5.76 Å². The summed E-state index contributed by atoms with van der Waals surface area (Å²) < 4.78 is 0. The van der Waals surface area contributed by atoms with E-state index in [0.29, 0.717) is 11.2 Å². The van der Waals surface area contributed by atoms with Gasteiger partial charge in [0, 0.05) is 5.92 Å². The van der Waals surface area contributed by atoms with Crippen molar-refractivity contribution in [1.29, 1.82) is 0 Å². The van der Waals surface area contributed by atoms with Crippen molar-refractivity contribution in [3.8, 4) is 0 Å². The van der Waals surface area contributed by atoms with E-state index in [2.05, 4.69) is 34.3 Å². The first-order valence-electron chi connectivity index (χ1n) is 6.23. The molecule has 0 heterocycles. The lowest BCUT2D eigenvalue weighted by atomic mass is 9.74. The molecule has 0 saturated heterocycles.